The molecule has 0 bridgehead atoms. The summed E-state index contributed by atoms with van der Waals surface area (Å²) in [4.78, 5) is 35.2. The van der Waals surface area contributed by atoms with Gasteiger partial charge in [0.15, 0.2) is 5.43 Å². The third-order valence-electron chi connectivity index (χ3n) is 4.17. The molecule has 1 heterocycles. The number of ether oxygens (including phenoxy) is 1. The van der Waals surface area contributed by atoms with Gasteiger partial charge in [0.1, 0.15) is 18.3 Å². The smallest absolute Gasteiger partial charge is 0.200 e. The highest BCUT2D eigenvalue weighted by Gasteiger charge is 2.20. The molecule has 2 aromatic carbocycles. The maximum absolute atomic E-state index is 14.7. The zero-order valence-corrected chi connectivity index (χ0v) is 18.0. The lowest BCUT2D eigenvalue weighted by molar-refractivity contribution is -0.344. The van der Waals surface area contributed by atoms with Crippen LogP contribution in [0.5, 0.6) is 5.75 Å². The van der Waals surface area contributed by atoms with Crippen molar-refractivity contribution in [2.75, 3.05) is 6.61 Å². The molecule has 0 N–H and O–H groups in total. The standard InChI is InChI=1S/C19H17Cl2FNO6P/c1-2-7-28-16-6-5-15(22)17-18(16)23(10-29-30(25,26)27)9-13(19(17)24)12-4-3-11(20)8-14(12)21/h3-6,8-9H,2,7,10H2,1H3,(H2,25,26,27)/p-2. The second kappa shape index (κ2) is 9.06. The average molecular weight is 474 g/mol. The molecule has 0 radical (unpaired) electrons. The number of halogens is 3. The fourth-order valence-corrected chi connectivity index (χ4v) is 3.70. The van der Waals surface area contributed by atoms with Gasteiger partial charge in [0.2, 0.25) is 0 Å². The van der Waals surface area contributed by atoms with E-state index < -0.39 is 25.8 Å². The number of nitrogens with zero attached hydrogens (tertiary/aromatic N) is 1. The van der Waals surface area contributed by atoms with E-state index in [9.17, 15) is 23.5 Å². The molecule has 7 nitrogen and oxygen atoms in total. The number of phosphoric acid groups is 1. The first kappa shape index (κ1) is 22.7. The number of phosphoric ester groups is 1. The first-order valence-electron chi connectivity index (χ1n) is 8.73. The van der Waals surface area contributed by atoms with Crippen molar-refractivity contribution in [3.63, 3.8) is 0 Å². The van der Waals surface area contributed by atoms with E-state index in [0.29, 0.717) is 11.4 Å². The predicted molar refractivity (Wildman–Crippen MR) is 108 cm³/mol. The molecule has 0 aliphatic carbocycles. The Labute approximate surface area is 180 Å². The van der Waals surface area contributed by atoms with E-state index >= 15 is 0 Å². The number of hydrogen-bond acceptors (Lipinski definition) is 6. The van der Waals surface area contributed by atoms with E-state index in [0.717, 1.165) is 10.6 Å². The fourth-order valence-electron chi connectivity index (χ4n) is 2.93. The van der Waals surface area contributed by atoms with E-state index in [1.165, 1.54) is 30.5 Å². The zero-order chi connectivity index (χ0) is 22.1. The highest BCUT2D eigenvalue weighted by molar-refractivity contribution is 7.43. The molecule has 3 aromatic rings. The lowest BCUT2D eigenvalue weighted by Gasteiger charge is -2.29. The maximum Gasteiger partial charge on any atom is 0.200 e. The van der Waals surface area contributed by atoms with Crippen LogP contribution in [0.25, 0.3) is 22.0 Å². The molecule has 0 spiro atoms. The lowest BCUT2D eigenvalue weighted by Crippen LogP contribution is -2.20. The molecule has 0 saturated heterocycles. The van der Waals surface area contributed by atoms with Gasteiger partial charge in [0.25, 0.3) is 0 Å². The quantitative estimate of drug-likeness (QED) is 0.484. The van der Waals surface area contributed by atoms with Crippen LogP contribution in [-0.2, 0) is 15.8 Å². The summed E-state index contributed by atoms with van der Waals surface area (Å²) in [5.41, 5.74) is -0.535. The van der Waals surface area contributed by atoms with Crippen molar-refractivity contribution in [1.82, 2.24) is 4.57 Å². The van der Waals surface area contributed by atoms with Crippen LogP contribution in [0.15, 0.2) is 41.3 Å². The van der Waals surface area contributed by atoms with Crippen molar-refractivity contribution >= 4 is 41.9 Å². The Bertz CT molecular complexity index is 1210. The fraction of sp³-hybridized carbons (Fsp3) is 0.211. The Morgan fingerprint density at radius 2 is 1.90 bits per heavy atom. The molecule has 0 saturated carbocycles. The van der Waals surface area contributed by atoms with Crippen LogP contribution in [-0.4, -0.2) is 11.2 Å². The minimum atomic E-state index is -5.35. The number of pyridine rings is 1. The summed E-state index contributed by atoms with van der Waals surface area (Å²) in [6.07, 6.45) is 1.86. The third kappa shape index (κ3) is 4.86. The summed E-state index contributed by atoms with van der Waals surface area (Å²) in [6.45, 7) is 1.33. The van der Waals surface area contributed by atoms with Crippen LogP contribution in [0.2, 0.25) is 10.0 Å². The largest absolute Gasteiger partial charge is 0.790 e. The highest BCUT2D eigenvalue weighted by atomic mass is 35.5. The summed E-state index contributed by atoms with van der Waals surface area (Å²) in [5.74, 6) is -0.721. The second-order valence-corrected chi connectivity index (χ2v) is 8.29. The summed E-state index contributed by atoms with van der Waals surface area (Å²) < 4.78 is 36.8. The van der Waals surface area contributed by atoms with E-state index in [2.05, 4.69) is 4.52 Å². The van der Waals surface area contributed by atoms with Crippen molar-refractivity contribution in [3.8, 4) is 16.9 Å². The van der Waals surface area contributed by atoms with Crippen molar-refractivity contribution in [1.29, 1.82) is 0 Å². The van der Waals surface area contributed by atoms with Gasteiger partial charge in [0, 0.05) is 22.3 Å². The maximum atomic E-state index is 14.7. The molecule has 0 atom stereocenters. The molecular formula is C19H15Cl2FNO6P-2. The van der Waals surface area contributed by atoms with Gasteiger partial charge < -0.3 is 28.2 Å². The van der Waals surface area contributed by atoms with Gasteiger partial charge in [-0.3, -0.25) is 4.79 Å². The molecule has 1 aromatic heterocycles. The molecule has 160 valence electrons. The van der Waals surface area contributed by atoms with E-state index in [1.54, 1.807) is 0 Å². The Morgan fingerprint density at radius 3 is 2.53 bits per heavy atom. The number of rotatable bonds is 7. The monoisotopic (exact) mass is 473 g/mol. The summed E-state index contributed by atoms with van der Waals surface area (Å²) in [7, 11) is -5.35. The second-order valence-electron chi connectivity index (χ2n) is 6.29. The Morgan fingerprint density at radius 1 is 1.17 bits per heavy atom. The van der Waals surface area contributed by atoms with Crippen LogP contribution < -0.4 is 20.0 Å². The van der Waals surface area contributed by atoms with Gasteiger partial charge in [-0.2, -0.15) is 0 Å². The molecule has 30 heavy (non-hydrogen) atoms. The van der Waals surface area contributed by atoms with Crippen LogP contribution in [0.3, 0.4) is 0 Å². The number of hydrogen-bond donors (Lipinski definition) is 0. The molecule has 0 aliphatic heterocycles. The Hall–Kier alpha value is -1.93. The van der Waals surface area contributed by atoms with Crippen molar-refractivity contribution < 1.29 is 28.0 Å². The SMILES string of the molecule is CCCOc1ccc(F)c2c(=O)c(-c3ccc(Cl)cc3Cl)cn(COP(=O)([O-])[O-])c12. The van der Waals surface area contributed by atoms with Gasteiger partial charge in [-0.25, -0.2) is 4.39 Å². The topological polar surface area (TPSA) is 104 Å². The average Bonchev–Trinajstić information content (AvgIpc) is 2.66. The molecule has 0 unspecified atom stereocenters. The van der Waals surface area contributed by atoms with Gasteiger partial charge in [-0.1, -0.05) is 36.2 Å². The molecule has 3 rings (SSSR count). The number of fused-ring (bicyclic) bond motifs is 1. The van der Waals surface area contributed by atoms with Crippen molar-refractivity contribution in [2.24, 2.45) is 0 Å². The van der Waals surface area contributed by atoms with Gasteiger partial charge in [-0.05, 0) is 30.7 Å². The normalized spacial score (nSPS) is 11.8. The highest BCUT2D eigenvalue weighted by Crippen LogP contribution is 2.34. The van der Waals surface area contributed by atoms with E-state index in [-0.39, 0.29) is 39.4 Å². The molecule has 0 aliphatic rings. The summed E-state index contributed by atoms with van der Waals surface area (Å²) in [5, 5.41) is 0.0964. The summed E-state index contributed by atoms with van der Waals surface area (Å²) >= 11 is 12.1. The van der Waals surface area contributed by atoms with Gasteiger partial charge >= 0.3 is 0 Å². The first-order chi connectivity index (χ1) is 14.1. The van der Waals surface area contributed by atoms with Crippen molar-refractivity contribution in [2.45, 2.75) is 20.1 Å². The van der Waals surface area contributed by atoms with Crippen molar-refractivity contribution in [3.05, 3.63) is 62.6 Å². The zero-order valence-electron chi connectivity index (χ0n) is 15.6. The van der Waals surface area contributed by atoms with Crippen LogP contribution in [0, 0.1) is 5.82 Å². The van der Waals surface area contributed by atoms with Crippen LogP contribution >= 0.6 is 31.0 Å². The molecular weight excluding hydrogens is 459 g/mol. The molecule has 11 heteroatoms. The van der Waals surface area contributed by atoms with Crippen LogP contribution in [0.4, 0.5) is 4.39 Å². The summed E-state index contributed by atoms with van der Waals surface area (Å²) in [6, 6.07) is 6.75. The minimum Gasteiger partial charge on any atom is -0.790 e. The van der Waals surface area contributed by atoms with Gasteiger partial charge in [-0.15, -0.1) is 0 Å². The first-order valence-corrected chi connectivity index (χ1v) is 10.9. The van der Waals surface area contributed by atoms with Crippen LogP contribution in [0.1, 0.15) is 13.3 Å². The Kier molecular flexibility index (Phi) is 6.87. The number of benzene rings is 2. The molecule has 0 fully saturated rings. The predicted octanol–water partition coefficient (Wildman–Crippen LogP) is 3.71. The number of aromatic nitrogens is 1. The lowest BCUT2D eigenvalue weighted by atomic mass is 10.0. The third-order valence-corrected chi connectivity index (χ3v) is 5.15. The van der Waals surface area contributed by atoms with Gasteiger partial charge in [0.05, 0.1) is 30.4 Å². The Balaban J connectivity index is 2.34. The van der Waals surface area contributed by atoms with E-state index in [1.807, 2.05) is 6.92 Å². The minimum absolute atomic E-state index is 0.0362. The molecule has 0 amide bonds. The van der Waals surface area contributed by atoms with E-state index in [4.69, 9.17) is 27.9 Å².